The minimum absolute atomic E-state index is 0.0793. The number of hydrogen-bond acceptors (Lipinski definition) is 5. The molecule has 3 rings (SSSR count). The van der Waals surface area contributed by atoms with Crippen molar-refractivity contribution in [3.8, 4) is 5.75 Å². The van der Waals surface area contributed by atoms with Crippen LogP contribution in [-0.4, -0.2) is 56.6 Å². The number of benzene rings is 2. The highest BCUT2D eigenvalue weighted by Gasteiger charge is 2.33. The van der Waals surface area contributed by atoms with Gasteiger partial charge in [0.15, 0.2) is 0 Å². The van der Waals surface area contributed by atoms with Crippen molar-refractivity contribution >= 4 is 39.1 Å². The first-order chi connectivity index (χ1) is 17.6. The van der Waals surface area contributed by atoms with Crippen LogP contribution in [0, 0.1) is 0 Å². The van der Waals surface area contributed by atoms with Gasteiger partial charge in [-0.15, -0.1) is 0 Å². The minimum atomic E-state index is -3.81. The molecule has 0 heterocycles. The average molecular weight is 550 g/mol. The van der Waals surface area contributed by atoms with Crippen molar-refractivity contribution in [2.45, 2.75) is 64.6 Å². The first-order valence-electron chi connectivity index (χ1n) is 12.7. The average Bonchev–Trinajstić information content (AvgIpc) is 3.36. The molecule has 0 aromatic heterocycles. The second kappa shape index (κ2) is 13.1. The summed E-state index contributed by atoms with van der Waals surface area (Å²) in [5, 5.41) is 3.56. The maximum Gasteiger partial charge on any atom is 0.244 e. The minimum Gasteiger partial charge on any atom is -0.494 e. The lowest BCUT2D eigenvalue weighted by atomic mass is 10.1. The third kappa shape index (κ3) is 7.85. The molecule has 10 heteroatoms. The Morgan fingerprint density at radius 2 is 1.73 bits per heavy atom. The first-order valence-corrected chi connectivity index (χ1v) is 14.9. The molecule has 8 nitrogen and oxygen atoms in total. The van der Waals surface area contributed by atoms with Crippen molar-refractivity contribution in [2.75, 3.05) is 23.7 Å². The fraction of sp³-hybridized carbons (Fsp3) is 0.481. The van der Waals surface area contributed by atoms with E-state index in [1.165, 1.54) is 4.90 Å². The quantitative estimate of drug-likeness (QED) is 0.424. The summed E-state index contributed by atoms with van der Waals surface area (Å²) in [4.78, 5) is 28.5. The predicted octanol–water partition coefficient (Wildman–Crippen LogP) is 4.37. The van der Waals surface area contributed by atoms with Gasteiger partial charge in [-0.05, 0) is 62.1 Å². The van der Waals surface area contributed by atoms with Crippen LogP contribution in [0.4, 0.5) is 5.69 Å². The molecule has 1 fully saturated rings. The van der Waals surface area contributed by atoms with Crippen molar-refractivity contribution in [1.82, 2.24) is 10.2 Å². The van der Waals surface area contributed by atoms with Gasteiger partial charge in [0.05, 0.1) is 18.6 Å². The number of carbonyl (C=O) groups is 2. The molecule has 1 aliphatic rings. The smallest absolute Gasteiger partial charge is 0.244 e. The number of halogens is 1. The van der Waals surface area contributed by atoms with Crippen molar-refractivity contribution in [1.29, 1.82) is 0 Å². The van der Waals surface area contributed by atoms with Gasteiger partial charge < -0.3 is 15.0 Å². The summed E-state index contributed by atoms with van der Waals surface area (Å²) in [6.07, 6.45) is 5.39. The number of nitrogens with zero attached hydrogens (tertiary/aromatic N) is 2. The third-order valence-corrected chi connectivity index (χ3v) is 8.01. The normalized spacial score (nSPS) is 14.7. The van der Waals surface area contributed by atoms with Crippen LogP contribution in [0.3, 0.4) is 0 Å². The SMILES string of the molecule is CCOc1ccc(N(CC(=O)N(Cc2ccccc2Cl)C(CC)C(=O)NC2CCCC2)S(C)(=O)=O)cc1. The van der Waals surface area contributed by atoms with Gasteiger partial charge in [0, 0.05) is 17.6 Å². The summed E-state index contributed by atoms with van der Waals surface area (Å²) in [5.74, 6) is -0.129. The largest absolute Gasteiger partial charge is 0.494 e. The second-order valence-corrected chi connectivity index (χ2v) is 11.5. The molecule has 1 unspecified atom stereocenters. The Morgan fingerprint density at radius 1 is 1.08 bits per heavy atom. The highest BCUT2D eigenvalue weighted by molar-refractivity contribution is 7.92. The maximum absolute atomic E-state index is 13.8. The van der Waals surface area contributed by atoms with E-state index >= 15 is 0 Å². The Hall–Kier alpha value is -2.78. The molecule has 0 saturated heterocycles. The van der Waals surface area contributed by atoms with Crippen LogP contribution >= 0.6 is 11.6 Å². The van der Waals surface area contributed by atoms with E-state index in [0.717, 1.165) is 36.2 Å². The standard InChI is InChI=1S/C27H36ClN3O5S/c1-4-25(27(33)29-21-11-7-8-12-21)30(18-20-10-6-9-13-24(20)28)26(32)19-31(37(3,34)35)22-14-16-23(17-15-22)36-5-2/h6,9-10,13-17,21,25H,4-5,7-8,11-12,18-19H2,1-3H3,(H,29,33). The molecule has 202 valence electrons. The van der Waals surface area contributed by atoms with Crippen LogP contribution in [0.2, 0.25) is 5.02 Å². The number of nitrogens with one attached hydrogen (secondary N) is 1. The van der Waals surface area contributed by atoms with Gasteiger partial charge >= 0.3 is 0 Å². The molecule has 0 spiro atoms. The summed E-state index contributed by atoms with van der Waals surface area (Å²) in [6.45, 7) is 3.80. The molecule has 0 bridgehead atoms. The molecule has 37 heavy (non-hydrogen) atoms. The van der Waals surface area contributed by atoms with E-state index < -0.39 is 28.5 Å². The Morgan fingerprint density at radius 3 is 2.30 bits per heavy atom. The lowest BCUT2D eigenvalue weighted by molar-refractivity contribution is -0.140. The monoisotopic (exact) mass is 549 g/mol. The number of rotatable bonds is 12. The zero-order valence-corrected chi connectivity index (χ0v) is 23.2. The van der Waals surface area contributed by atoms with Gasteiger partial charge in [0.1, 0.15) is 18.3 Å². The number of amides is 2. The van der Waals surface area contributed by atoms with E-state index in [2.05, 4.69) is 5.32 Å². The zero-order chi connectivity index (χ0) is 27.0. The number of anilines is 1. The second-order valence-electron chi connectivity index (χ2n) is 9.22. The van der Waals surface area contributed by atoms with Crippen LogP contribution < -0.4 is 14.4 Å². The molecule has 1 aliphatic carbocycles. The Kier molecular flexibility index (Phi) is 10.2. The highest BCUT2D eigenvalue weighted by atomic mass is 35.5. The van der Waals surface area contributed by atoms with Gasteiger partial charge in [0.2, 0.25) is 21.8 Å². The van der Waals surface area contributed by atoms with Crippen LogP contribution in [0.1, 0.15) is 51.5 Å². The Labute approximate surface area is 225 Å². The lowest BCUT2D eigenvalue weighted by Crippen LogP contribution is -2.53. The number of sulfonamides is 1. The van der Waals surface area contributed by atoms with Crippen LogP contribution in [-0.2, 0) is 26.2 Å². The number of ether oxygens (including phenoxy) is 1. The van der Waals surface area contributed by atoms with E-state index in [1.807, 2.05) is 19.9 Å². The van der Waals surface area contributed by atoms with Crippen LogP contribution in [0.5, 0.6) is 5.75 Å². The highest BCUT2D eigenvalue weighted by Crippen LogP contribution is 2.25. The van der Waals surface area contributed by atoms with E-state index in [0.29, 0.717) is 35.1 Å². The summed E-state index contributed by atoms with van der Waals surface area (Å²) < 4.78 is 32.0. The molecule has 0 radical (unpaired) electrons. The van der Waals surface area contributed by atoms with E-state index in [9.17, 15) is 18.0 Å². The summed E-state index contributed by atoms with van der Waals surface area (Å²) in [5.41, 5.74) is 1.01. The van der Waals surface area contributed by atoms with Crippen molar-refractivity contribution < 1.29 is 22.7 Å². The summed E-state index contributed by atoms with van der Waals surface area (Å²) in [6, 6.07) is 13.0. The molecular formula is C27H36ClN3O5S. The zero-order valence-electron chi connectivity index (χ0n) is 21.7. The molecule has 1 atom stereocenters. The van der Waals surface area contributed by atoms with Crippen molar-refractivity contribution in [3.63, 3.8) is 0 Å². The Bertz CT molecular complexity index is 1170. The van der Waals surface area contributed by atoms with Gasteiger partial charge in [-0.3, -0.25) is 13.9 Å². The fourth-order valence-electron chi connectivity index (χ4n) is 4.59. The predicted molar refractivity (Wildman–Crippen MR) is 146 cm³/mol. The lowest BCUT2D eigenvalue weighted by Gasteiger charge is -2.33. The molecular weight excluding hydrogens is 514 g/mol. The summed E-state index contributed by atoms with van der Waals surface area (Å²) in [7, 11) is -3.81. The fourth-order valence-corrected chi connectivity index (χ4v) is 5.63. The van der Waals surface area contributed by atoms with Gasteiger partial charge in [-0.2, -0.15) is 0 Å². The summed E-state index contributed by atoms with van der Waals surface area (Å²) >= 11 is 6.40. The third-order valence-electron chi connectivity index (χ3n) is 6.50. The van der Waals surface area contributed by atoms with Gasteiger partial charge in [-0.1, -0.05) is 49.6 Å². The Balaban J connectivity index is 1.91. The topological polar surface area (TPSA) is 96.0 Å². The molecule has 2 aromatic rings. The van der Waals surface area contributed by atoms with E-state index in [1.54, 1.807) is 42.5 Å². The molecule has 1 N–H and O–H groups in total. The van der Waals surface area contributed by atoms with Crippen molar-refractivity contribution in [2.24, 2.45) is 0 Å². The van der Waals surface area contributed by atoms with Crippen LogP contribution in [0.25, 0.3) is 0 Å². The molecule has 2 amide bonds. The van der Waals surface area contributed by atoms with Gasteiger partial charge in [-0.25, -0.2) is 8.42 Å². The van der Waals surface area contributed by atoms with E-state index in [-0.39, 0.29) is 18.5 Å². The number of hydrogen-bond donors (Lipinski definition) is 1. The van der Waals surface area contributed by atoms with Gasteiger partial charge in [0.25, 0.3) is 0 Å². The number of carbonyl (C=O) groups excluding carboxylic acids is 2. The first kappa shape index (κ1) is 28.8. The van der Waals surface area contributed by atoms with E-state index in [4.69, 9.17) is 16.3 Å². The maximum atomic E-state index is 13.8. The van der Waals surface area contributed by atoms with Crippen LogP contribution in [0.15, 0.2) is 48.5 Å². The molecule has 0 aliphatic heterocycles. The molecule has 2 aromatic carbocycles. The van der Waals surface area contributed by atoms with Crippen molar-refractivity contribution in [3.05, 3.63) is 59.1 Å². The molecule has 1 saturated carbocycles.